The van der Waals surface area contributed by atoms with Crippen LogP contribution in [0.25, 0.3) is 0 Å². The summed E-state index contributed by atoms with van der Waals surface area (Å²) in [4.78, 5) is 72.3. The number of unbranched alkanes of at least 4 members (excludes halogenated alkanes) is 32. The van der Waals surface area contributed by atoms with Crippen LogP contribution in [0.5, 0.6) is 0 Å². The van der Waals surface area contributed by atoms with Crippen LogP contribution in [0, 0.1) is 17.8 Å². The normalized spacial score (nSPS) is 14.6. The summed E-state index contributed by atoms with van der Waals surface area (Å²) in [6, 6.07) is 0. The molecule has 0 spiro atoms. The molecule has 19 heteroatoms. The number of carbonyl (C=O) groups is 4. The van der Waals surface area contributed by atoms with Gasteiger partial charge in [0.05, 0.1) is 26.4 Å². The molecule has 0 rings (SSSR count). The van der Waals surface area contributed by atoms with Crippen LogP contribution in [0.4, 0.5) is 0 Å². The van der Waals surface area contributed by atoms with Crippen LogP contribution in [0.2, 0.25) is 0 Å². The first-order valence-corrected chi connectivity index (χ1v) is 37.9. The van der Waals surface area contributed by atoms with E-state index in [1.54, 1.807) is 0 Å². The van der Waals surface area contributed by atoms with Crippen LogP contribution < -0.4 is 0 Å². The summed E-state index contributed by atoms with van der Waals surface area (Å²) in [6.07, 6.45) is 40.5. The molecule has 510 valence electrons. The molecule has 0 amide bonds. The molecule has 0 aromatic rings. The van der Waals surface area contributed by atoms with Crippen molar-refractivity contribution >= 4 is 39.5 Å². The molecule has 0 saturated carbocycles. The molecule has 0 aromatic heterocycles. The molecule has 0 radical (unpaired) electrons. The molecular weight excluding hydrogens is 1140 g/mol. The third-order valence-corrected chi connectivity index (χ3v) is 17.6. The molecule has 0 aliphatic carbocycles. The van der Waals surface area contributed by atoms with Gasteiger partial charge in [-0.05, 0) is 43.4 Å². The zero-order valence-electron chi connectivity index (χ0n) is 55.8. The Hall–Kier alpha value is -1.94. The topological polar surface area (TPSA) is 237 Å². The average molecular weight is 1270 g/mol. The number of ether oxygens (including phenoxy) is 4. The van der Waals surface area contributed by atoms with Crippen molar-refractivity contribution in [3.63, 3.8) is 0 Å². The van der Waals surface area contributed by atoms with Crippen LogP contribution in [0.1, 0.15) is 331 Å². The van der Waals surface area contributed by atoms with Crippen molar-refractivity contribution in [2.24, 2.45) is 17.8 Å². The monoisotopic (exact) mass is 1270 g/mol. The molecule has 0 aliphatic rings. The van der Waals surface area contributed by atoms with E-state index in [2.05, 4.69) is 48.5 Å². The fraction of sp³-hybridized carbons (Fsp3) is 0.940. The maximum atomic E-state index is 13.0. The number of phosphoric acid groups is 2. The summed E-state index contributed by atoms with van der Waals surface area (Å²) in [5.41, 5.74) is 0. The predicted octanol–water partition coefficient (Wildman–Crippen LogP) is 18.7. The van der Waals surface area contributed by atoms with E-state index in [0.717, 1.165) is 120 Å². The van der Waals surface area contributed by atoms with Gasteiger partial charge in [-0.2, -0.15) is 0 Å². The van der Waals surface area contributed by atoms with Gasteiger partial charge in [0.1, 0.15) is 19.3 Å². The molecule has 3 N–H and O–H groups in total. The van der Waals surface area contributed by atoms with Crippen molar-refractivity contribution in [2.75, 3.05) is 39.6 Å². The van der Waals surface area contributed by atoms with Gasteiger partial charge in [-0.25, -0.2) is 9.13 Å². The fourth-order valence-corrected chi connectivity index (χ4v) is 11.6. The van der Waals surface area contributed by atoms with Gasteiger partial charge in [0.2, 0.25) is 0 Å². The van der Waals surface area contributed by atoms with Crippen LogP contribution in [0.15, 0.2) is 0 Å². The number of carbonyl (C=O) groups excluding carboxylic acids is 4. The Balaban J connectivity index is 5.22. The summed E-state index contributed by atoms with van der Waals surface area (Å²) in [7, 11) is -9.89. The van der Waals surface area contributed by atoms with Gasteiger partial charge in [-0.1, -0.05) is 280 Å². The van der Waals surface area contributed by atoms with Gasteiger partial charge in [0.25, 0.3) is 0 Å². The highest BCUT2D eigenvalue weighted by molar-refractivity contribution is 7.47. The lowest BCUT2D eigenvalue weighted by Gasteiger charge is -2.21. The fourth-order valence-electron chi connectivity index (χ4n) is 9.98. The molecule has 0 fully saturated rings. The summed E-state index contributed by atoms with van der Waals surface area (Å²) in [5.74, 6) is 0.128. The van der Waals surface area contributed by atoms with Gasteiger partial charge in [0.15, 0.2) is 12.2 Å². The Bertz CT molecular complexity index is 1700. The Kier molecular flexibility index (Phi) is 56.9. The molecule has 0 heterocycles. The van der Waals surface area contributed by atoms with Gasteiger partial charge < -0.3 is 33.8 Å². The highest BCUT2D eigenvalue weighted by Gasteiger charge is 2.30. The van der Waals surface area contributed by atoms with Gasteiger partial charge in [-0.15, -0.1) is 0 Å². The number of esters is 4. The average Bonchev–Trinajstić information content (AvgIpc) is 3.64. The maximum absolute atomic E-state index is 13.0. The van der Waals surface area contributed by atoms with Crippen LogP contribution >= 0.6 is 15.6 Å². The molecule has 0 saturated heterocycles. The number of aliphatic hydroxyl groups excluding tert-OH is 1. The number of aliphatic hydroxyl groups is 1. The quantitative estimate of drug-likeness (QED) is 0.0222. The van der Waals surface area contributed by atoms with Crippen LogP contribution in [-0.4, -0.2) is 96.7 Å². The number of hydrogen-bond acceptors (Lipinski definition) is 15. The molecule has 86 heavy (non-hydrogen) atoms. The molecule has 0 aromatic carbocycles. The van der Waals surface area contributed by atoms with E-state index in [1.807, 2.05) is 0 Å². The van der Waals surface area contributed by atoms with Crippen molar-refractivity contribution < 1.29 is 80.2 Å². The van der Waals surface area contributed by atoms with Crippen molar-refractivity contribution in [2.45, 2.75) is 349 Å². The third kappa shape index (κ3) is 59.7. The second-order valence-corrected chi connectivity index (χ2v) is 28.3. The minimum atomic E-state index is -4.95. The second-order valence-electron chi connectivity index (χ2n) is 25.4. The summed E-state index contributed by atoms with van der Waals surface area (Å²) < 4.78 is 68.0. The third-order valence-electron chi connectivity index (χ3n) is 15.7. The number of phosphoric ester groups is 2. The molecule has 0 bridgehead atoms. The molecule has 0 aliphatic heterocycles. The number of hydrogen-bond donors (Lipinski definition) is 3. The van der Waals surface area contributed by atoms with E-state index in [4.69, 9.17) is 37.0 Å². The Labute approximate surface area is 524 Å². The Morgan fingerprint density at radius 1 is 0.337 bits per heavy atom. The first kappa shape index (κ1) is 84.1. The van der Waals surface area contributed by atoms with Crippen LogP contribution in [-0.2, 0) is 65.4 Å². The lowest BCUT2D eigenvalue weighted by atomic mass is 10.00. The van der Waals surface area contributed by atoms with E-state index in [1.165, 1.54) is 128 Å². The summed E-state index contributed by atoms with van der Waals surface area (Å²) in [5, 5.41) is 10.5. The largest absolute Gasteiger partial charge is 0.472 e. The van der Waals surface area contributed by atoms with Gasteiger partial charge in [0, 0.05) is 25.7 Å². The first-order valence-electron chi connectivity index (χ1n) is 34.9. The second kappa shape index (κ2) is 58.2. The van der Waals surface area contributed by atoms with Crippen molar-refractivity contribution in [1.29, 1.82) is 0 Å². The summed E-state index contributed by atoms with van der Waals surface area (Å²) >= 11 is 0. The van der Waals surface area contributed by atoms with E-state index in [-0.39, 0.29) is 25.7 Å². The highest BCUT2D eigenvalue weighted by atomic mass is 31.2. The molecular formula is C67H130O17P2. The Morgan fingerprint density at radius 2 is 0.593 bits per heavy atom. The minimum absolute atomic E-state index is 0.102. The van der Waals surface area contributed by atoms with Gasteiger partial charge in [-0.3, -0.25) is 37.3 Å². The molecule has 3 unspecified atom stereocenters. The lowest BCUT2D eigenvalue weighted by molar-refractivity contribution is -0.161. The lowest BCUT2D eigenvalue weighted by Crippen LogP contribution is -2.30. The van der Waals surface area contributed by atoms with Crippen molar-refractivity contribution in [1.82, 2.24) is 0 Å². The highest BCUT2D eigenvalue weighted by Crippen LogP contribution is 2.45. The van der Waals surface area contributed by atoms with Crippen LogP contribution in [0.3, 0.4) is 0 Å². The zero-order chi connectivity index (χ0) is 63.8. The molecule has 6 atom stereocenters. The maximum Gasteiger partial charge on any atom is 0.472 e. The first-order chi connectivity index (χ1) is 41.3. The zero-order valence-corrected chi connectivity index (χ0v) is 57.6. The number of rotatable bonds is 65. The predicted molar refractivity (Wildman–Crippen MR) is 344 cm³/mol. The smallest absolute Gasteiger partial charge is 0.462 e. The van der Waals surface area contributed by atoms with Crippen molar-refractivity contribution in [3.05, 3.63) is 0 Å². The molecule has 17 nitrogen and oxygen atoms in total. The summed E-state index contributed by atoms with van der Waals surface area (Å²) in [6.45, 7) is 11.7. The van der Waals surface area contributed by atoms with E-state index < -0.39 is 97.5 Å². The van der Waals surface area contributed by atoms with E-state index in [9.17, 15) is 43.2 Å². The van der Waals surface area contributed by atoms with E-state index in [0.29, 0.717) is 25.7 Å². The Morgan fingerprint density at radius 3 is 0.884 bits per heavy atom. The standard InChI is InChI=1S/C67H130O17P2/c1-8-10-11-12-24-34-41-48-64(69)77-54-63(84-67(72)51-44-37-30-29-33-40-47-60(7)9-2)57-82-86(75,76)80-53-61(68)52-79-85(73,74)81-56-62(55-78-65(70)49-42-35-27-22-19-18-21-26-32-39-46-59(5)6)83-66(71)50-43-36-28-23-17-15-13-14-16-20-25-31-38-45-58(3)4/h58-63,68H,8-57H2,1-7H3,(H,73,74)(H,75,76)/t60?,61-,62-,63-/m1/s1. The van der Waals surface area contributed by atoms with Gasteiger partial charge >= 0.3 is 39.5 Å². The van der Waals surface area contributed by atoms with E-state index >= 15 is 0 Å². The minimum Gasteiger partial charge on any atom is -0.462 e. The van der Waals surface area contributed by atoms with Crippen molar-refractivity contribution in [3.8, 4) is 0 Å². The SMILES string of the molecule is CCCCCCCCCC(=O)OC[C@H](COP(=O)(O)OC[C@H](O)COP(=O)(O)OC[C@@H](COC(=O)CCCCCCCCCCCCC(C)C)OC(=O)CCCCCCCCCCCCCCCC(C)C)OC(=O)CCCCCCCCC(C)CC.